The van der Waals surface area contributed by atoms with Gasteiger partial charge in [0.25, 0.3) is 0 Å². The highest BCUT2D eigenvalue weighted by Crippen LogP contribution is 2.15. The molecule has 0 bridgehead atoms. The van der Waals surface area contributed by atoms with Gasteiger partial charge in [-0.05, 0) is 38.8 Å². The van der Waals surface area contributed by atoms with E-state index in [-0.39, 0.29) is 0 Å². The summed E-state index contributed by atoms with van der Waals surface area (Å²) in [4.78, 5) is 2.63. The van der Waals surface area contributed by atoms with Crippen molar-refractivity contribution in [2.45, 2.75) is 44.7 Å². The molecule has 0 aliphatic carbocycles. The van der Waals surface area contributed by atoms with E-state index in [9.17, 15) is 0 Å². The van der Waals surface area contributed by atoms with E-state index in [1.807, 2.05) is 0 Å². The topological polar surface area (TPSA) is 24.5 Å². The molecule has 0 saturated carbocycles. The number of rotatable bonds is 5. The van der Waals surface area contributed by atoms with Crippen LogP contribution in [0.15, 0.2) is 0 Å². The van der Waals surface area contributed by atoms with Crippen LogP contribution in [0, 0.1) is 0 Å². The van der Waals surface area contributed by atoms with Crippen molar-refractivity contribution in [2.75, 3.05) is 32.8 Å². The minimum atomic E-state index is 0.687. The van der Waals surface area contributed by atoms with Crippen molar-refractivity contribution in [1.29, 1.82) is 0 Å². The van der Waals surface area contributed by atoms with Crippen LogP contribution in [0.1, 0.15) is 32.6 Å². The van der Waals surface area contributed by atoms with Gasteiger partial charge in [-0.25, -0.2) is 0 Å². The highest BCUT2D eigenvalue weighted by Gasteiger charge is 2.25. The second-order valence-electron chi connectivity index (χ2n) is 4.81. The van der Waals surface area contributed by atoms with Crippen molar-refractivity contribution in [3.05, 3.63) is 0 Å². The molecule has 0 aromatic carbocycles. The minimum Gasteiger partial charge on any atom is -0.380 e. The molecular weight excluding hydrogens is 188 g/mol. The second kappa shape index (κ2) is 5.83. The molecule has 88 valence electrons. The maximum absolute atomic E-state index is 5.49. The molecule has 2 atom stereocenters. The summed E-state index contributed by atoms with van der Waals surface area (Å²) in [5, 5.41) is 3.59. The third-order valence-electron chi connectivity index (χ3n) is 3.55. The molecule has 0 radical (unpaired) electrons. The monoisotopic (exact) mass is 212 g/mol. The third-order valence-corrected chi connectivity index (χ3v) is 3.55. The largest absolute Gasteiger partial charge is 0.380 e. The van der Waals surface area contributed by atoms with Gasteiger partial charge in [-0.15, -0.1) is 0 Å². The number of ether oxygens (including phenoxy) is 1. The first kappa shape index (κ1) is 11.4. The van der Waals surface area contributed by atoms with Crippen molar-refractivity contribution in [1.82, 2.24) is 10.2 Å². The molecule has 15 heavy (non-hydrogen) atoms. The molecule has 0 aromatic heterocycles. The van der Waals surface area contributed by atoms with Crippen molar-refractivity contribution < 1.29 is 4.74 Å². The lowest BCUT2D eigenvalue weighted by Gasteiger charge is -2.30. The summed E-state index contributed by atoms with van der Waals surface area (Å²) in [5.74, 6) is 0. The minimum absolute atomic E-state index is 0.687. The van der Waals surface area contributed by atoms with E-state index in [1.54, 1.807) is 0 Å². The molecule has 0 aromatic rings. The molecule has 2 heterocycles. The quantitative estimate of drug-likeness (QED) is 0.742. The Balaban J connectivity index is 1.81. The first-order chi connectivity index (χ1) is 7.40. The van der Waals surface area contributed by atoms with Gasteiger partial charge < -0.3 is 10.1 Å². The van der Waals surface area contributed by atoms with E-state index in [0.717, 1.165) is 19.3 Å². The smallest absolute Gasteiger partial charge is 0.0622 e. The van der Waals surface area contributed by atoms with E-state index >= 15 is 0 Å². The Morgan fingerprint density at radius 3 is 2.93 bits per heavy atom. The summed E-state index contributed by atoms with van der Waals surface area (Å²) in [6, 6.07) is 1.42. The van der Waals surface area contributed by atoms with Gasteiger partial charge >= 0.3 is 0 Å². The van der Waals surface area contributed by atoms with Crippen LogP contribution >= 0.6 is 0 Å². The van der Waals surface area contributed by atoms with Crippen LogP contribution in [0.25, 0.3) is 0 Å². The molecule has 2 rings (SSSR count). The number of hydrogen-bond acceptors (Lipinski definition) is 3. The molecule has 2 aliphatic heterocycles. The summed E-state index contributed by atoms with van der Waals surface area (Å²) < 4.78 is 5.49. The van der Waals surface area contributed by atoms with Crippen LogP contribution < -0.4 is 5.32 Å². The maximum atomic E-state index is 5.49. The van der Waals surface area contributed by atoms with Crippen LogP contribution in [0.5, 0.6) is 0 Å². The zero-order valence-electron chi connectivity index (χ0n) is 9.87. The fourth-order valence-electron chi connectivity index (χ4n) is 2.72. The first-order valence-electron chi connectivity index (χ1n) is 6.45. The van der Waals surface area contributed by atoms with Gasteiger partial charge in [0.2, 0.25) is 0 Å². The van der Waals surface area contributed by atoms with Gasteiger partial charge in [-0.2, -0.15) is 0 Å². The molecular formula is C12H24N2O. The van der Waals surface area contributed by atoms with Crippen LogP contribution in [0.2, 0.25) is 0 Å². The van der Waals surface area contributed by atoms with E-state index < -0.39 is 0 Å². The number of nitrogens with one attached hydrogen (secondary N) is 1. The molecule has 2 aliphatic rings. The predicted molar refractivity (Wildman–Crippen MR) is 62.1 cm³/mol. The van der Waals surface area contributed by atoms with Gasteiger partial charge in [-0.3, -0.25) is 4.90 Å². The first-order valence-corrected chi connectivity index (χ1v) is 6.45. The number of hydrogen-bond donors (Lipinski definition) is 1. The molecule has 2 saturated heterocycles. The van der Waals surface area contributed by atoms with Gasteiger partial charge in [-0.1, -0.05) is 6.92 Å². The van der Waals surface area contributed by atoms with Crippen LogP contribution in [-0.2, 0) is 4.74 Å². The predicted octanol–water partition coefficient (Wildman–Crippen LogP) is 1.24. The van der Waals surface area contributed by atoms with Crippen LogP contribution in [-0.4, -0.2) is 49.8 Å². The fourth-order valence-corrected chi connectivity index (χ4v) is 2.72. The lowest BCUT2D eigenvalue weighted by molar-refractivity contribution is 0.136. The Bertz CT molecular complexity index is 174. The number of nitrogens with zero attached hydrogens (tertiary/aromatic N) is 1. The molecule has 3 heteroatoms. The van der Waals surface area contributed by atoms with Crippen LogP contribution in [0.4, 0.5) is 0 Å². The molecule has 2 unspecified atom stereocenters. The van der Waals surface area contributed by atoms with Crippen molar-refractivity contribution in [3.63, 3.8) is 0 Å². The summed E-state index contributed by atoms with van der Waals surface area (Å²) in [6.45, 7) is 7.85. The summed E-state index contributed by atoms with van der Waals surface area (Å²) in [7, 11) is 0. The summed E-state index contributed by atoms with van der Waals surface area (Å²) >= 11 is 0. The summed E-state index contributed by atoms with van der Waals surface area (Å²) in [5.41, 5.74) is 0. The Morgan fingerprint density at radius 2 is 2.33 bits per heavy atom. The Labute approximate surface area is 93.2 Å². The van der Waals surface area contributed by atoms with Crippen LogP contribution in [0.3, 0.4) is 0 Å². The third kappa shape index (κ3) is 3.16. The standard InChI is InChI=1S/C12H24N2O/c1-2-7-14(12-5-8-15-10-12)9-11-4-3-6-13-11/h11-13H,2-10H2,1H3. The van der Waals surface area contributed by atoms with E-state index in [1.165, 1.54) is 45.3 Å². The lowest BCUT2D eigenvalue weighted by Crippen LogP contribution is -2.44. The highest BCUT2D eigenvalue weighted by molar-refractivity contribution is 4.82. The van der Waals surface area contributed by atoms with Gasteiger partial charge in [0.05, 0.1) is 6.61 Å². The zero-order valence-corrected chi connectivity index (χ0v) is 9.87. The molecule has 3 nitrogen and oxygen atoms in total. The van der Waals surface area contributed by atoms with E-state index in [2.05, 4.69) is 17.1 Å². The maximum Gasteiger partial charge on any atom is 0.0622 e. The second-order valence-corrected chi connectivity index (χ2v) is 4.81. The zero-order chi connectivity index (χ0) is 10.5. The molecule has 0 amide bonds. The highest BCUT2D eigenvalue weighted by atomic mass is 16.5. The molecule has 0 spiro atoms. The average molecular weight is 212 g/mol. The summed E-state index contributed by atoms with van der Waals surface area (Å²) in [6.07, 6.45) is 5.19. The van der Waals surface area contributed by atoms with Gasteiger partial charge in [0.15, 0.2) is 0 Å². The van der Waals surface area contributed by atoms with E-state index in [0.29, 0.717) is 6.04 Å². The Hall–Kier alpha value is -0.120. The normalized spacial score (nSPS) is 31.6. The lowest BCUT2D eigenvalue weighted by atomic mass is 10.1. The molecule has 1 N–H and O–H groups in total. The van der Waals surface area contributed by atoms with Crippen molar-refractivity contribution in [3.8, 4) is 0 Å². The average Bonchev–Trinajstić information content (AvgIpc) is 2.89. The molecule has 2 fully saturated rings. The van der Waals surface area contributed by atoms with Gasteiger partial charge in [0, 0.05) is 25.2 Å². The Morgan fingerprint density at radius 1 is 1.40 bits per heavy atom. The fraction of sp³-hybridized carbons (Fsp3) is 1.00. The SMILES string of the molecule is CCCN(CC1CCCN1)C1CCOC1. The van der Waals surface area contributed by atoms with Gasteiger partial charge in [0.1, 0.15) is 0 Å². The van der Waals surface area contributed by atoms with Crippen molar-refractivity contribution >= 4 is 0 Å². The Kier molecular flexibility index (Phi) is 4.42. The van der Waals surface area contributed by atoms with E-state index in [4.69, 9.17) is 4.74 Å². The van der Waals surface area contributed by atoms with Crippen molar-refractivity contribution in [2.24, 2.45) is 0 Å².